The van der Waals surface area contributed by atoms with Gasteiger partial charge in [0, 0.05) is 31.0 Å². The summed E-state index contributed by atoms with van der Waals surface area (Å²) in [5.74, 6) is 7.39. The van der Waals surface area contributed by atoms with Crippen molar-refractivity contribution in [1.29, 1.82) is 0 Å². The maximum atomic E-state index is 13.6. The van der Waals surface area contributed by atoms with E-state index in [4.69, 9.17) is 0 Å². The first-order valence-electron chi connectivity index (χ1n) is 19.7. The molecule has 0 spiro atoms. The first kappa shape index (κ1) is 36.0. The fraction of sp³-hybridized carbons (Fsp3) is 0.705. The summed E-state index contributed by atoms with van der Waals surface area (Å²) in [6.45, 7) is 21.0. The number of hydrogen-bond acceptors (Lipinski definition) is 3. The summed E-state index contributed by atoms with van der Waals surface area (Å²) in [5, 5.41) is 9.49. The highest BCUT2D eigenvalue weighted by atomic mass is 32.2. The summed E-state index contributed by atoms with van der Waals surface area (Å²) in [6, 6.07) is 7.57. The maximum absolute atomic E-state index is 13.6. The van der Waals surface area contributed by atoms with Crippen LogP contribution >= 0.6 is 0 Å². The second-order valence-corrected chi connectivity index (χ2v) is 22.0. The van der Waals surface area contributed by atoms with Crippen LogP contribution in [0.1, 0.15) is 128 Å². The second kappa shape index (κ2) is 12.1. The molecule has 274 valence electrons. The number of carboxylic acid groups (broad SMARTS) is 1. The molecule has 9 atom stereocenters. The van der Waals surface area contributed by atoms with Gasteiger partial charge in [-0.2, -0.15) is 0 Å². The lowest BCUT2D eigenvalue weighted by atomic mass is 9.32. The molecule has 1 saturated heterocycles. The molecule has 5 nitrogen and oxygen atoms in total. The zero-order chi connectivity index (χ0) is 36.1. The molecule has 5 fully saturated rings. The molecule has 1 heterocycles. The van der Waals surface area contributed by atoms with Gasteiger partial charge in [-0.3, -0.25) is 9.00 Å². The third-order valence-electron chi connectivity index (χ3n) is 16.9. The van der Waals surface area contributed by atoms with Gasteiger partial charge in [0.1, 0.15) is 0 Å². The van der Waals surface area contributed by atoms with Crippen LogP contribution in [0.15, 0.2) is 42.5 Å². The Labute approximate surface area is 302 Å². The fourth-order valence-electron chi connectivity index (χ4n) is 14.1. The Kier molecular flexibility index (Phi) is 8.72. The molecule has 1 aliphatic heterocycles. The SMILES string of the molecule is C=C(C)[C@@H]1CC[C@]2(CCC(=O)N3CCS(=C)(=O)CC3)CC[C@]3(C)[C@H](CC[C@@H]4[C@@]5(C)CC=C(c6ccc(C(=O)O)cc6)C(C)(C)[C@@H]5CC[C@]43C)[C@@H]12. The maximum Gasteiger partial charge on any atom is 0.335 e. The van der Waals surface area contributed by atoms with Crippen molar-refractivity contribution in [2.75, 3.05) is 24.6 Å². The number of fused-ring (bicyclic) bond motifs is 7. The van der Waals surface area contributed by atoms with E-state index >= 15 is 0 Å². The van der Waals surface area contributed by atoms with Gasteiger partial charge in [0.15, 0.2) is 0 Å². The van der Waals surface area contributed by atoms with Crippen LogP contribution in [-0.4, -0.2) is 56.6 Å². The van der Waals surface area contributed by atoms with Crippen LogP contribution in [0.25, 0.3) is 5.57 Å². The van der Waals surface area contributed by atoms with Crippen molar-refractivity contribution in [2.45, 2.75) is 112 Å². The topological polar surface area (TPSA) is 74.7 Å². The molecular weight excluding hydrogens is 639 g/mol. The van der Waals surface area contributed by atoms with E-state index in [-0.39, 0.29) is 33.0 Å². The molecule has 6 aliphatic rings. The molecule has 0 radical (unpaired) electrons. The van der Waals surface area contributed by atoms with Crippen molar-refractivity contribution in [1.82, 2.24) is 4.90 Å². The number of nitrogens with zero attached hydrogens (tertiary/aromatic N) is 1. The molecule has 1 amide bonds. The molecule has 0 unspecified atom stereocenters. The lowest BCUT2D eigenvalue weighted by Gasteiger charge is -2.72. The Morgan fingerprint density at radius 2 is 1.58 bits per heavy atom. The Hall–Kier alpha value is -2.34. The molecule has 1 aromatic rings. The molecule has 1 aromatic carbocycles. The summed E-state index contributed by atoms with van der Waals surface area (Å²) in [5.41, 5.74) is 5.18. The monoisotopic (exact) mass is 701 g/mol. The van der Waals surface area contributed by atoms with E-state index in [0.29, 0.717) is 66.2 Å². The number of carbonyl (C=O) groups is 2. The van der Waals surface area contributed by atoms with Gasteiger partial charge < -0.3 is 10.0 Å². The fourth-order valence-corrected chi connectivity index (χ4v) is 15.4. The third-order valence-corrected chi connectivity index (χ3v) is 18.8. The predicted molar refractivity (Wildman–Crippen MR) is 207 cm³/mol. The van der Waals surface area contributed by atoms with Gasteiger partial charge in [0.25, 0.3) is 0 Å². The number of amides is 1. The van der Waals surface area contributed by atoms with Crippen LogP contribution in [0, 0.1) is 56.7 Å². The van der Waals surface area contributed by atoms with Crippen molar-refractivity contribution < 1.29 is 18.9 Å². The number of hydrogen-bond donors (Lipinski definition) is 1. The average molecular weight is 702 g/mol. The van der Waals surface area contributed by atoms with Crippen LogP contribution in [0.2, 0.25) is 0 Å². The molecule has 6 heteroatoms. The van der Waals surface area contributed by atoms with Crippen LogP contribution in [0.5, 0.6) is 0 Å². The average Bonchev–Trinajstić information content (AvgIpc) is 3.44. The van der Waals surface area contributed by atoms with Crippen molar-refractivity contribution in [3.05, 3.63) is 53.6 Å². The minimum atomic E-state index is -2.02. The smallest absolute Gasteiger partial charge is 0.335 e. The molecule has 50 heavy (non-hydrogen) atoms. The van der Waals surface area contributed by atoms with Gasteiger partial charge in [-0.25, -0.2) is 4.79 Å². The van der Waals surface area contributed by atoms with E-state index in [9.17, 15) is 18.9 Å². The van der Waals surface area contributed by atoms with Crippen LogP contribution in [0.3, 0.4) is 0 Å². The highest BCUT2D eigenvalue weighted by Crippen LogP contribution is 2.78. The number of benzene rings is 1. The standard InChI is InChI=1S/C44H63NO4S/c1-29(2)32-15-21-44(22-18-37(46)45-25-27-50(8,49)28-26-45)24-23-42(6)34(38(32)44)13-14-36-41(5)19-16-33(30-9-11-31(12-10-30)39(47)48)40(3,4)35(41)17-20-43(36,42)7/h9-12,16,32,34-36,38H,1,8,13-15,17-28H2,2-7H3,(H,47,48)/t32-,34+,35-,36+,38+,41-,42+,43+,44-/m0/s1. The van der Waals surface area contributed by atoms with Gasteiger partial charge in [-0.15, -0.1) is 0 Å². The highest BCUT2D eigenvalue weighted by Gasteiger charge is 2.70. The molecular formula is C44H63NO4S. The molecule has 0 bridgehead atoms. The molecule has 1 N–H and O–H groups in total. The Balaban J connectivity index is 1.16. The number of carboxylic acids is 1. The Bertz CT molecular complexity index is 1690. The number of carbonyl (C=O) groups excluding carboxylic acids is 1. The molecule has 0 aromatic heterocycles. The summed E-state index contributed by atoms with van der Waals surface area (Å²) < 4.78 is 12.5. The van der Waals surface area contributed by atoms with E-state index in [2.05, 4.69) is 60.1 Å². The quantitative estimate of drug-likeness (QED) is 0.237. The van der Waals surface area contributed by atoms with E-state index < -0.39 is 15.5 Å². The van der Waals surface area contributed by atoms with E-state index in [1.165, 1.54) is 68.1 Å². The summed E-state index contributed by atoms with van der Waals surface area (Å²) in [4.78, 5) is 27.1. The summed E-state index contributed by atoms with van der Waals surface area (Å²) in [6.07, 6.45) is 15.2. The van der Waals surface area contributed by atoms with Gasteiger partial charge in [-0.05, 0) is 166 Å². The van der Waals surface area contributed by atoms with E-state index in [1.807, 2.05) is 17.0 Å². The highest BCUT2D eigenvalue weighted by molar-refractivity contribution is 8.00. The lowest BCUT2D eigenvalue weighted by Crippen LogP contribution is -2.65. The molecule has 4 saturated carbocycles. The number of aromatic carboxylic acids is 1. The second-order valence-electron chi connectivity index (χ2n) is 19.2. The number of rotatable bonds is 6. The Morgan fingerprint density at radius 3 is 2.22 bits per heavy atom. The van der Waals surface area contributed by atoms with E-state index in [1.54, 1.807) is 12.1 Å². The van der Waals surface area contributed by atoms with Crippen LogP contribution in [0.4, 0.5) is 0 Å². The van der Waals surface area contributed by atoms with Gasteiger partial charge >= 0.3 is 5.97 Å². The number of allylic oxidation sites excluding steroid dienone is 3. The zero-order valence-corrected chi connectivity index (χ0v) is 32.6. The van der Waals surface area contributed by atoms with Crippen molar-refractivity contribution in [2.24, 2.45) is 56.7 Å². The van der Waals surface area contributed by atoms with Gasteiger partial charge in [0.2, 0.25) is 5.91 Å². The molecule has 7 rings (SSSR count). The minimum absolute atomic E-state index is 0.0000738. The first-order valence-corrected chi connectivity index (χ1v) is 21.8. The lowest BCUT2D eigenvalue weighted by molar-refractivity contribution is -0.226. The largest absolute Gasteiger partial charge is 0.478 e. The van der Waals surface area contributed by atoms with Crippen LogP contribution in [-0.2, 0) is 14.3 Å². The normalized spacial score (nSPS) is 41.5. The van der Waals surface area contributed by atoms with Crippen molar-refractivity contribution >= 4 is 32.8 Å². The summed E-state index contributed by atoms with van der Waals surface area (Å²) >= 11 is 0. The predicted octanol–water partition coefficient (Wildman–Crippen LogP) is 9.37. The van der Waals surface area contributed by atoms with Crippen LogP contribution < -0.4 is 0 Å². The van der Waals surface area contributed by atoms with Gasteiger partial charge in [-0.1, -0.05) is 65.0 Å². The minimum Gasteiger partial charge on any atom is -0.478 e. The van der Waals surface area contributed by atoms with E-state index in [0.717, 1.165) is 12.8 Å². The van der Waals surface area contributed by atoms with Gasteiger partial charge in [0.05, 0.1) is 5.56 Å². The third kappa shape index (κ3) is 5.33. The Morgan fingerprint density at radius 1 is 0.900 bits per heavy atom. The zero-order valence-electron chi connectivity index (χ0n) is 31.8. The summed E-state index contributed by atoms with van der Waals surface area (Å²) in [7, 11) is -2.02. The van der Waals surface area contributed by atoms with Crippen molar-refractivity contribution in [3.63, 3.8) is 0 Å². The van der Waals surface area contributed by atoms with Crippen molar-refractivity contribution in [3.8, 4) is 0 Å². The molecule has 5 aliphatic carbocycles. The first-order chi connectivity index (χ1) is 23.4.